The van der Waals surface area contributed by atoms with Gasteiger partial charge in [0.25, 0.3) is 0 Å². The number of aryl methyl sites for hydroxylation is 1. The minimum atomic E-state index is 0.491. The first-order chi connectivity index (χ1) is 8.71. The van der Waals surface area contributed by atoms with Gasteiger partial charge in [-0.1, -0.05) is 0 Å². The molecule has 0 fully saturated rings. The van der Waals surface area contributed by atoms with Gasteiger partial charge in [0.1, 0.15) is 5.75 Å². The Morgan fingerprint density at radius 3 is 2.56 bits per heavy atom. The molecule has 0 aliphatic heterocycles. The molecule has 0 aliphatic carbocycles. The minimum absolute atomic E-state index is 0.491. The molecule has 0 unspecified atom stereocenters. The molecule has 1 aromatic heterocycles. The fourth-order valence-corrected chi connectivity index (χ4v) is 2.05. The highest BCUT2D eigenvalue weighted by Crippen LogP contribution is 2.24. The summed E-state index contributed by atoms with van der Waals surface area (Å²) >= 11 is 1.70. The molecule has 2 rings (SSSR count). The largest absolute Gasteiger partial charge is 0.439 e. The standard InChI is InChI=1S/C14H16N2OS/c1-10-7-11(9-15)8-14(16-10)17-12-3-5-13(18-2)6-4-12/h3-8H,9,15H2,1-2H3. The quantitative estimate of drug-likeness (QED) is 0.856. The summed E-state index contributed by atoms with van der Waals surface area (Å²) in [6.45, 7) is 2.42. The number of hydrogen-bond acceptors (Lipinski definition) is 4. The summed E-state index contributed by atoms with van der Waals surface area (Å²) in [7, 11) is 0. The van der Waals surface area contributed by atoms with Crippen LogP contribution in [-0.4, -0.2) is 11.2 Å². The molecule has 0 spiro atoms. The molecule has 0 atom stereocenters. The summed E-state index contributed by atoms with van der Waals surface area (Å²) in [6.07, 6.45) is 2.05. The number of nitrogens with zero attached hydrogens (tertiary/aromatic N) is 1. The molecule has 4 heteroatoms. The number of benzene rings is 1. The van der Waals surface area contributed by atoms with E-state index in [2.05, 4.69) is 4.98 Å². The van der Waals surface area contributed by atoms with Crippen molar-refractivity contribution in [3.63, 3.8) is 0 Å². The zero-order chi connectivity index (χ0) is 13.0. The van der Waals surface area contributed by atoms with E-state index in [4.69, 9.17) is 10.5 Å². The van der Waals surface area contributed by atoms with Gasteiger partial charge in [-0.25, -0.2) is 4.98 Å². The van der Waals surface area contributed by atoms with E-state index in [1.807, 2.05) is 49.6 Å². The van der Waals surface area contributed by atoms with E-state index >= 15 is 0 Å². The van der Waals surface area contributed by atoms with Crippen molar-refractivity contribution in [3.8, 4) is 11.6 Å². The summed E-state index contributed by atoms with van der Waals surface area (Å²) in [5.41, 5.74) is 7.57. The first kappa shape index (κ1) is 12.9. The Morgan fingerprint density at radius 2 is 1.94 bits per heavy atom. The summed E-state index contributed by atoms with van der Waals surface area (Å²) in [5, 5.41) is 0. The van der Waals surface area contributed by atoms with Crippen molar-refractivity contribution in [3.05, 3.63) is 47.7 Å². The van der Waals surface area contributed by atoms with Gasteiger partial charge in [0, 0.05) is 23.2 Å². The molecule has 0 saturated heterocycles. The van der Waals surface area contributed by atoms with Gasteiger partial charge >= 0.3 is 0 Å². The molecule has 0 aliphatic rings. The van der Waals surface area contributed by atoms with Crippen LogP contribution in [0.4, 0.5) is 0 Å². The van der Waals surface area contributed by atoms with Gasteiger partial charge in [-0.3, -0.25) is 0 Å². The lowest BCUT2D eigenvalue weighted by atomic mass is 10.2. The minimum Gasteiger partial charge on any atom is -0.439 e. The highest BCUT2D eigenvalue weighted by atomic mass is 32.2. The van der Waals surface area contributed by atoms with Gasteiger partial charge in [0.2, 0.25) is 5.88 Å². The molecule has 1 heterocycles. The van der Waals surface area contributed by atoms with Crippen LogP contribution in [0.25, 0.3) is 0 Å². The second-order valence-electron chi connectivity index (χ2n) is 3.94. The highest BCUT2D eigenvalue weighted by Gasteiger charge is 2.02. The Morgan fingerprint density at radius 1 is 1.22 bits per heavy atom. The van der Waals surface area contributed by atoms with E-state index < -0.39 is 0 Å². The van der Waals surface area contributed by atoms with Crippen LogP contribution in [0.15, 0.2) is 41.3 Å². The van der Waals surface area contributed by atoms with Crippen LogP contribution in [0.3, 0.4) is 0 Å². The number of rotatable bonds is 4. The summed E-state index contributed by atoms with van der Waals surface area (Å²) in [6, 6.07) is 11.8. The van der Waals surface area contributed by atoms with E-state index in [9.17, 15) is 0 Å². The third kappa shape index (κ3) is 3.24. The molecular formula is C14H16N2OS. The normalized spacial score (nSPS) is 10.4. The molecule has 18 heavy (non-hydrogen) atoms. The second kappa shape index (κ2) is 5.89. The lowest BCUT2D eigenvalue weighted by Gasteiger charge is -2.07. The van der Waals surface area contributed by atoms with Crippen LogP contribution in [-0.2, 0) is 6.54 Å². The van der Waals surface area contributed by atoms with Gasteiger partial charge < -0.3 is 10.5 Å². The van der Waals surface area contributed by atoms with Crippen molar-refractivity contribution in [2.24, 2.45) is 5.73 Å². The number of pyridine rings is 1. The van der Waals surface area contributed by atoms with Crippen molar-refractivity contribution in [1.82, 2.24) is 4.98 Å². The van der Waals surface area contributed by atoms with Crippen LogP contribution in [0.2, 0.25) is 0 Å². The van der Waals surface area contributed by atoms with E-state index in [1.54, 1.807) is 11.8 Å². The molecule has 2 aromatic rings. The Hall–Kier alpha value is -1.52. The molecule has 2 N–H and O–H groups in total. The Bertz CT molecular complexity index is 526. The maximum Gasteiger partial charge on any atom is 0.219 e. The summed E-state index contributed by atoms with van der Waals surface area (Å²) in [5.74, 6) is 1.38. The Kier molecular flexibility index (Phi) is 4.23. The zero-order valence-corrected chi connectivity index (χ0v) is 11.3. The average Bonchev–Trinajstić information content (AvgIpc) is 2.39. The molecular weight excluding hydrogens is 244 g/mol. The Balaban J connectivity index is 2.19. The van der Waals surface area contributed by atoms with Crippen molar-refractivity contribution < 1.29 is 4.74 Å². The molecule has 0 amide bonds. The summed E-state index contributed by atoms with van der Waals surface area (Å²) in [4.78, 5) is 5.55. The third-order valence-corrected chi connectivity index (χ3v) is 3.25. The van der Waals surface area contributed by atoms with Crippen molar-refractivity contribution >= 4 is 11.8 Å². The van der Waals surface area contributed by atoms with Gasteiger partial charge in [0.05, 0.1) is 0 Å². The third-order valence-electron chi connectivity index (χ3n) is 2.51. The molecule has 0 bridgehead atoms. The highest BCUT2D eigenvalue weighted by molar-refractivity contribution is 7.98. The molecule has 94 valence electrons. The summed E-state index contributed by atoms with van der Waals surface area (Å²) < 4.78 is 5.73. The lowest BCUT2D eigenvalue weighted by molar-refractivity contribution is 0.460. The zero-order valence-electron chi connectivity index (χ0n) is 10.5. The number of nitrogens with two attached hydrogens (primary N) is 1. The second-order valence-corrected chi connectivity index (χ2v) is 4.82. The van der Waals surface area contributed by atoms with Gasteiger partial charge in [-0.05, 0) is 49.1 Å². The first-order valence-electron chi connectivity index (χ1n) is 5.71. The maximum absolute atomic E-state index is 5.73. The van der Waals surface area contributed by atoms with E-state index in [0.29, 0.717) is 12.4 Å². The maximum atomic E-state index is 5.73. The van der Waals surface area contributed by atoms with E-state index in [-0.39, 0.29) is 0 Å². The van der Waals surface area contributed by atoms with Crippen LogP contribution in [0.5, 0.6) is 11.6 Å². The van der Waals surface area contributed by atoms with Gasteiger partial charge in [-0.15, -0.1) is 11.8 Å². The SMILES string of the molecule is CSc1ccc(Oc2cc(CN)cc(C)n2)cc1. The van der Waals surface area contributed by atoms with E-state index in [0.717, 1.165) is 17.0 Å². The fraction of sp³-hybridized carbons (Fsp3) is 0.214. The van der Waals surface area contributed by atoms with E-state index in [1.165, 1.54) is 4.90 Å². The topological polar surface area (TPSA) is 48.1 Å². The smallest absolute Gasteiger partial charge is 0.219 e. The molecule has 3 nitrogen and oxygen atoms in total. The van der Waals surface area contributed by atoms with Crippen molar-refractivity contribution in [1.29, 1.82) is 0 Å². The molecule has 0 radical (unpaired) electrons. The van der Waals surface area contributed by atoms with Crippen LogP contribution in [0.1, 0.15) is 11.3 Å². The molecule has 1 aromatic carbocycles. The predicted octanol–water partition coefficient (Wildman–Crippen LogP) is 3.36. The van der Waals surface area contributed by atoms with Crippen molar-refractivity contribution in [2.45, 2.75) is 18.4 Å². The van der Waals surface area contributed by atoms with Crippen LogP contribution >= 0.6 is 11.8 Å². The van der Waals surface area contributed by atoms with Crippen LogP contribution < -0.4 is 10.5 Å². The fourth-order valence-electron chi connectivity index (χ4n) is 1.64. The Labute approximate surface area is 111 Å². The van der Waals surface area contributed by atoms with Gasteiger partial charge in [0.15, 0.2) is 0 Å². The van der Waals surface area contributed by atoms with Crippen LogP contribution in [0, 0.1) is 6.92 Å². The monoisotopic (exact) mass is 260 g/mol. The van der Waals surface area contributed by atoms with Crippen molar-refractivity contribution in [2.75, 3.05) is 6.26 Å². The average molecular weight is 260 g/mol. The van der Waals surface area contributed by atoms with Gasteiger partial charge in [-0.2, -0.15) is 0 Å². The molecule has 0 saturated carbocycles. The number of aromatic nitrogens is 1. The first-order valence-corrected chi connectivity index (χ1v) is 6.93. The number of hydrogen-bond donors (Lipinski definition) is 1. The number of thioether (sulfide) groups is 1. The number of ether oxygens (including phenoxy) is 1. The lowest BCUT2D eigenvalue weighted by Crippen LogP contribution is -1.99. The predicted molar refractivity (Wildman–Crippen MR) is 75.2 cm³/mol.